The molecule has 1 aromatic carbocycles. The van der Waals surface area contributed by atoms with Gasteiger partial charge in [0, 0.05) is 17.3 Å². The predicted molar refractivity (Wildman–Crippen MR) is 128 cm³/mol. The van der Waals surface area contributed by atoms with Crippen LogP contribution in [-0.4, -0.2) is 40.1 Å². The summed E-state index contributed by atoms with van der Waals surface area (Å²) in [5.41, 5.74) is 1.43. The second-order valence-electron chi connectivity index (χ2n) is 6.75. The molecule has 0 saturated carbocycles. The molecule has 9 nitrogen and oxygen atoms in total. The Labute approximate surface area is 195 Å². The van der Waals surface area contributed by atoms with Crippen LogP contribution in [0.1, 0.15) is 24.0 Å². The molecule has 0 spiro atoms. The van der Waals surface area contributed by atoms with Crippen LogP contribution in [0.2, 0.25) is 0 Å². The third-order valence-electron chi connectivity index (χ3n) is 4.24. The summed E-state index contributed by atoms with van der Waals surface area (Å²) in [6.45, 7) is 5.69. The minimum Gasteiger partial charge on any atom is -0.301 e. The van der Waals surface area contributed by atoms with Gasteiger partial charge in [0.05, 0.1) is 18.2 Å². The number of rotatable bonds is 10. The van der Waals surface area contributed by atoms with E-state index in [1.54, 1.807) is 40.3 Å². The Balaban J connectivity index is 1.59. The van der Waals surface area contributed by atoms with Crippen molar-refractivity contribution in [3.05, 3.63) is 75.6 Å². The molecular formula is C20H22N6O3S3. The average molecular weight is 491 g/mol. The van der Waals surface area contributed by atoms with Crippen molar-refractivity contribution in [2.45, 2.75) is 25.9 Å². The van der Waals surface area contributed by atoms with Crippen molar-refractivity contribution in [2.24, 2.45) is 0 Å². The van der Waals surface area contributed by atoms with Crippen LogP contribution in [0.4, 0.5) is 5.13 Å². The molecule has 0 aliphatic heterocycles. The SMILES string of the molecule is C=CCn1c(Cc2csc(NC(=O)C(C)NS(=O)(=O)/C=C/c3ccccc3)n2)n[nH]c1=S. The highest BCUT2D eigenvalue weighted by molar-refractivity contribution is 7.92. The van der Waals surface area contributed by atoms with Crippen molar-refractivity contribution >= 4 is 50.7 Å². The molecule has 0 saturated heterocycles. The van der Waals surface area contributed by atoms with Crippen LogP contribution in [0.15, 0.2) is 53.8 Å². The Kier molecular flexibility index (Phi) is 7.85. The van der Waals surface area contributed by atoms with Crippen LogP contribution in [0.5, 0.6) is 0 Å². The van der Waals surface area contributed by atoms with E-state index in [0.717, 1.165) is 11.0 Å². The number of carbonyl (C=O) groups is 1. The lowest BCUT2D eigenvalue weighted by molar-refractivity contribution is -0.117. The molecule has 3 N–H and O–H groups in total. The number of carbonyl (C=O) groups excluding carboxylic acids is 1. The maximum Gasteiger partial charge on any atom is 0.244 e. The summed E-state index contributed by atoms with van der Waals surface area (Å²) in [6, 6.07) is 8.01. The van der Waals surface area contributed by atoms with Crippen molar-refractivity contribution in [1.29, 1.82) is 0 Å². The summed E-state index contributed by atoms with van der Waals surface area (Å²) < 4.78 is 29.1. The molecule has 1 atom stereocenters. The second kappa shape index (κ2) is 10.6. The molecule has 1 unspecified atom stereocenters. The van der Waals surface area contributed by atoms with E-state index >= 15 is 0 Å². The van der Waals surface area contributed by atoms with E-state index < -0.39 is 22.0 Å². The van der Waals surface area contributed by atoms with Crippen molar-refractivity contribution in [2.75, 3.05) is 5.32 Å². The van der Waals surface area contributed by atoms with E-state index in [4.69, 9.17) is 12.2 Å². The molecule has 0 bridgehead atoms. The quantitative estimate of drug-likeness (QED) is 0.297. The molecule has 0 aliphatic carbocycles. The lowest BCUT2D eigenvalue weighted by Gasteiger charge is -2.11. The standard InChI is InChI=1S/C20H22N6O3S3/c1-3-10-26-17(23-24-20(26)30)12-16-13-31-19(21-16)22-18(27)14(2)25-32(28,29)11-9-15-7-5-4-6-8-15/h3-9,11,13-14,25H,1,10,12H2,2H3,(H,24,30)(H,21,22,27)/b11-9+. The number of hydrogen-bond acceptors (Lipinski definition) is 7. The zero-order chi connectivity index (χ0) is 23.1. The smallest absolute Gasteiger partial charge is 0.244 e. The van der Waals surface area contributed by atoms with Gasteiger partial charge in [-0.2, -0.15) is 9.82 Å². The van der Waals surface area contributed by atoms with Gasteiger partial charge in [0.2, 0.25) is 15.9 Å². The number of nitrogens with one attached hydrogen (secondary N) is 3. The summed E-state index contributed by atoms with van der Waals surface area (Å²) >= 11 is 6.44. The van der Waals surface area contributed by atoms with Crippen molar-refractivity contribution in [3.8, 4) is 0 Å². The molecule has 12 heteroatoms. The van der Waals surface area contributed by atoms with E-state index in [-0.39, 0.29) is 0 Å². The maximum atomic E-state index is 12.4. The molecule has 1 amide bonds. The summed E-state index contributed by atoms with van der Waals surface area (Å²) in [4.78, 5) is 16.8. The van der Waals surface area contributed by atoms with Gasteiger partial charge < -0.3 is 5.32 Å². The monoisotopic (exact) mass is 490 g/mol. The fraction of sp³-hybridized carbons (Fsp3) is 0.200. The Morgan fingerprint density at radius 1 is 1.38 bits per heavy atom. The number of hydrogen-bond donors (Lipinski definition) is 3. The first kappa shape index (κ1) is 23.7. The lowest BCUT2D eigenvalue weighted by Crippen LogP contribution is -2.40. The lowest BCUT2D eigenvalue weighted by atomic mass is 10.2. The van der Waals surface area contributed by atoms with E-state index in [0.29, 0.717) is 34.4 Å². The fourth-order valence-electron chi connectivity index (χ4n) is 2.70. The van der Waals surface area contributed by atoms with Gasteiger partial charge in [0.25, 0.3) is 0 Å². The fourth-order valence-corrected chi connectivity index (χ4v) is 4.65. The number of nitrogens with zero attached hydrogens (tertiary/aromatic N) is 3. The second-order valence-corrected chi connectivity index (χ2v) is 9.59. The van der Waals surface area contributed by atoms with Gasteiger partial charge >= 0.3 is 0 Å². The van der Waals surface area contributed by atoms with E-state index in [9.17, 15) is 13.2 Å². The van der Waals surface area contributed by atoms with Gasteiger partial charge in [0.1, 0.15) is 5.82 Å². The third-order valence-corrected chi connectivity index (χ3v) is 6.54. The number of thiazole rings is 1. The molecule has 0 aliphatic rings. The van der Waals surface area contributed by atoms with Crippen molar-refractivity contribution in [1.82, 2.24) is 24.5 Å². The van der Waals surface area contributed by atoms with Gasteiger partial charge in [-0.15, -0.1) is 17.9 Å². The maximum absolute atomic E-state index is 12.4. The van der Waals surface area contributed by atoms with Gasteiger partial charge in [-0.1, -0.05) is 36.4 Å². The van der Waals surface area contributed by atoms with E-state index in [1.807, 2.05) is 6.07 Å². The Morgan fingerprint density at radius 2 is 2.12 bits per heavy atom. The van der Waals surface area contributed by atoms with Gasteiger partial charge in [-0.05, 0) is 30.8 Å². The van der Waals surface area contributed by atoms with Crippen molar-refractivity contribution in [3.63, 3.8) is 0 Å². The van der Waals surface area contributed by atoms with Crippen LogP contribution < -0.4 is 10.0 Å². The molecule has 32 heavy (non-hydrogen) atoms. The first-order valence-corrected chi connectivity index (χ1v) is 12.4. The highest BCUT2D eigenvalue weighted by atomic mass is 32.2. The zero-order valence-corrected chi connectivity index (χ0v) is 19.6. The van der Waals surface area contributed by atoms with Crippen LogP contribution in [0.3, 0.4) is 0 Å². The van der Waals surface area contributed by atoms with Crippen molar-refractivity contribution < 1.29 is 13.2 Å². The molecular weight excluding hydrogens is 468 g/mol. The molecule has 0 radical (unpaired) electrons. The summed E-state index contributed by atoms with van der Waals surface area (Å²) in [5, 5.41) is 12.8. The molecule has 2 aromatic heterocycles. The van der Waals surface area contributed by atoms with Crippen LogP contribution in [-0.2, 0) is 27.8 Å². The molecule has 2 heterocycles. The Morgan fingerprint density at radius 3 is 2.84 bits per heavy atom. The van der Waals surface area contributed by atoms with Crippen LogP contribution in [0, 0.1) is 4.77 Å². The largest absolute Gasteiger partial charge is 0.301 e. The number of aromatic nitrogens is 4. The average Bonchev–Trinajstić information content (AvgIpc) is 3.34. The number of H-pyrrole nitrogens is 1. The van der Waals surface area contributed by atoms with Gasteiger partial charge in [-0.3, -0.25) is 14.5 Å². The normalized spacial score (nSPS) is 12.7. The third kappa shape index (κ3) is 6.53. The van der Waals surface area contributed by atoms with Crippen LogP contribution >= 0.6 is 23.6 Å². The Hall–Kier alpha value is -2.93. The highest BCUT2D eigenvalue weighted by Crippen LogP contribution is 2.18. The summed E-state index contributed by atoms with van der Waals surface area (Å²) in [7, 11) is -3.80. The number of benzene rings is 1. The minimum atomic E-state index is -3.80. The molecule has 3 rings (SSSR count). The number of aromatic amines is 1. The number of allylic oxidation sites excluding steroid dienone is 1. The Bertz CT molecular complexity index is 1280. The highest BCUT2D eigenvalue weighted by Gasteiger charge is 2.20. The summed E-state index contributed by atoms with van der Waals surface area (Å²) in [5.74, 6) is 0.182. The molecule has 3 aromatic rings. The minimum absolute atomic E-state index is 0.361. The number of anilines is 1. The predicted octanol–water partition coefficient (Wildman–Crippen LogP) is 3.09. The van der Waals surface area contributed by atoms with E-state index in [2.05, 4.69) is 31.8 Å². The van der Waals surface area contributed by atoms with E-state index in [1.165, 1.54) is 24.3 Å². The molecule has 0 fully saturated rings. The first-order valence-electron chi connectivity index (χ1n) is 9.53. The topological polar surface area (TPSA) is 122 Å². The van der Waals surface area contributed by atoms with Gasteiger partial charge in [-0.25, -0.2) is 13.4 Å². The summed E-state index contributed by atoms with van der Waals surface area (Å²) in [6.07, 6.45) is 3.60. The zero-order valence-electron chi connectivity index (χ0n) is 17.2. The number of amides is 1. The number of sulfonamides is 1. The van der Waals surface area contributed by atoms with Crippen LogP contribution in [0.25, 0.3) is 6.08 Å². The first-order chi connectivity index (χ1) is 15.3. The van der Waals surface area contributed by atoms with Gasteiger partial charge in [0.15, 0.2) is 9.90 Å². The molecule has 168 valence electrons.